The van der Waals surface area contributed by atoms with Crippen molar-refractivity contribution in [3.05, 3.63) is 65.9 Å². The van der Waals surface area contributed by atoms with Crippen LogP contribution in [-0.2, 0) is 13.0 Å². The van der Waals surface area contributed by atoms with E-state index in [1.165, 1.54) is 5.56 Å². The van der Waals surface area contributed by atoms with Gasteiger partial charge in [0.2, 0.25) is 0 Å². The predicted octanol–water partition coefficient (Wildman–Crippen LogP) is 3.37. The van der Waals surface area contributed by atoms with E-state index < -0.39 is 0 Å². The van der Waals surface area contributed by atoms with Crippen molar-refractivity contribution < 1.29 is 0 Å². The van der Waals surface area contributed by atoms with Gasteiger partial charge in [0.1, 0.15) is 17.5 Å². The standard InChI is InChI=1S/C21H26N6/c1-3-19-12-20(25-16(2)24-19)26-10-5-7-18(15-26)21-23-9-11-27(21)14-17-6-4-8-22-13-17/h4,6,8-9,11-13,18H,3,5,7,10,14-15H2,1-2H3/t18-/m0/s1. The highest BCUT2D eigenvalue weighted by Gasteiger charge is 2.26. The molecule has 1 aliphatic rings. The van der Waals surface area contributed by atoms with Crippen LogP contribution in [0.5, 0.6) is 0 Å². The predicted molar refractivity (Wildman–Crippen MR) is 106 cm³/mol. The van der Waals surface area contributed by atoms with Crippen LogP contribution in [0.15, 0.2) is 43.0 Å². The zero-order valence-corrected chi connectivity index (χ0v) is 16.0. The summed E-state index contributed by atoms with van der Waals surface area (Å²) in [5.74, 6) is 3.47. The number of rotatable bonds is 5. The molecule has 6 nitrogen and oxygen atoms in total. The number of aryl methyl sites for hydroxylation is 2. The fraction of sp³-hybridized carbons (Fsp3) is 0.429. The monoisotopic (exact) mass is 362 g/mol. The Bertz CT molecular complexity index is 889. The van der Waals surface area contributed by atoms with Crippen molar-refractivity contribution in [2.24, 2.45) is 0 Å². The third-order valence-corrected chi connectivity index (χ3v) is 5.17. The Morgan fingerprint density at radius 3 is 2.96 bits per heavy atom. The molecule has 0 bridgehead atoms. The topological polar surface area (TPSA) is 59.7 Å². The fourth-order valence-electron chi connectivity index (χ4n) is 3.85. The maximum atomic E-state index is 4.70. The van der Waals surface area contributed by atoms with E-state index in [4.69, 9.17) is 9.97 Å². The first-order valence-electron chi connectivity index (χ1n) is 9.72. The maximum Gasteiger partial charge on any atom is 0.132 e. The minimum absolute atomic E-state index is 0.408. The van der Waals surface area contributed by atoms with Crippen molar-refractivity contribution in [2.45, 2.75) is 45.6 Å². The molecule has 3 aromatic heterocycles. The summed E-state index contributed by atoms with van der Waals surface area (Å²) in [4.78, 5) is 20.5. The average Bonchev–Trinajstić information content (AvgIpc) is 3.16. The first kappa shape index (κ1) is 17.6. The highest BCUT2D eigenvalue weighted by molar-refractivity contribution is 5.41. The number of hydrogen-bond donors (Lipinski definition) is 0. The van der Waals surface area contributed by atoms with Gasteiger partial charge in [0, 0.05) is 55.6 Å². The van der Waals surface area contributed by atoms with Gasteiger partial charge in [-0.2, -0.15) is 0 Å². The lowest BCUT2D eigenvalue weighted by Crippen LogP contribution is -2.36. The lowest BCUT2D eigenvalue weighted by Gasteiger charge is -2.33. The van der Waals surface area contributed by atoms with Crippen LogP contribution in [0.4, 0.5) is 5.82 Å². The van der Waals surface area contributed by atoms with E-state index in [-0.39, 0.29) is 0 Å². The minimum atomic E-state index is 0.408. The summed E-state index contributed by atoms with van der Waals surface area (Å²) in [7, 11) is 0. The molecule has 1 fully saturated rings. The zero-order valence-electron chi connectivity index (χ0n) is 16.0. The van der Waals surface area contributed by atoms with E-state index in [9.17, 15) is 0 Å². The Morgan fingerprint density at radius 2 is 2.15 bits per heavy atom. The summed E-state index contributed by atoms with van der Waals surface area (Å²) in [6.45, 7) is 6.92. The number of piperidine rings is 1. The molecule has 4 heterocycles. The normalized spacial score (nSPS) is 17.3. The number of nitrogens with zero attached hydrogens (tertiary/aromatic N) is 6. The minimum Gasteiger partial charge on any atom is -0.356 e. The molecule has 0 radical (unpaired) electrons. The second-order valence-electron chi connectivity index (χ2n) is 7.18. The molecule has 0 spiro atoms. The first-order valence-corrected chi connectivity index (χ1v) is 9.72. The van der Waals surface area contributed by atoms with Crippen LogP contribution in [-0.4, -0.2) is 37.6 Å². The second kappa shape index (κ2) is 7.86. The first-order chi connectivity index (χ1) is 13.2. The average molecular weight is 362 g/mol. The summed E-state index contributed by atoms with van der Waals surface area (Å²) in [5.41, 5.74) is 2.31. The van der Waals surface area contributed by atoms with Gasteiger partial charge in [0.25, 0.3) is 0 Å². The summed E-state index contributed by atoms with van der Waals surface area (Å²) in [5, 5.41) is 0. The Hall–Kier alpha value is -2.76. The van der Waals surface area contributed by atoms with E-state index in [1.54, 1.807) is 0 Å². The van der Waals surface area contributed by atoms with Gasteiger partial charge in [-0.05, 0) is 37.8 Å². The van der Waals surface area contributed by atoms with Crippen LogP contribution < -0.4 is 4.90 Å². The SMILES string of the molecule is CCc1cc(N2CCC[C@H](c3nccn3Cc3cccnc3)C2)nc(C)n1. The van der Waals surface area contributed by atoms with Crippen LogP contribution >= 0.6 is 0 Å². The smallest absolute Gasteiger partial charge is 0.132 e. The molecule has 1 atom stereocenters. The lowest BCUT2D eigenvalue weighted by molar-refractivity contribution is 0.473. The van der Waals surface area contributed by atoms with Crippen LogP contribution in [0, 0.1) is 6.92 Å². The van der Waals surface area contributed by atoms with Gasteiger partial charge in [-0.15, -0.1) is 0 Å². The molecule has 0 N–H and O–H groups in total. The van der Waals surface area contributed by atoms with Gasteiger partial charge >= 0.3 is 0 Å². The van der Waals surface area contributed by atoms with Crippen molar-refractivity contribution in [2.75, 3.05) is 18.0 Å². The highest BCUT2D eigenvalue weighted by Crippen LogP contribution is 2.29. The van der Waals surface area contributed by atoms with Gasteiger partial charge in [-0.25, -0.2) is 15.0 Å². The Morgan fingerprint density at radius 1 is 1.22 bits per heavy atom. The van der Waals surface area contributed by atoms with Crippen molar-refractivity contribution >= 4 is 5.82 Å². The third kappa shape index (κ3) is 3.99. The van der Waals surface area contributed by atoms with Gasteiger partial charge in [-0.3, -0.25) is 4.98 Å². The second-order valence-corrected chi connectivity index (χ2v) is 7.18. The molecule has 0 aromatic carbocycles. The molecule has 0 saturated carbocycles. The molecule has 6 heteroatoms. The van der Waals surface area contributed by atoms with Gasteiger partial charge in [-0.1, -0.05) is 13.0 Å². The van der Waals surface area contributed by atoms with E-state index >= 15 is 0 Å². The van der Waals surface area contributed by atoms with Crippen molar-refractivity contribution in [3.8, 4) is 0 Å². The van der Waals surface area contributed by atoms with Crippen LogP contribution in [0.25, 0.3) is 0 Å². The largest absolute Gasteiger partial charge is 0.356 e. The molecule has 0 amide bonds. The summed E-state index contributed by atoms with van der Waals surface area (Å²) in [6.07, 6.45) is 11.0. The Balaban J connectivity index is 1.54. The molecule has 1 aliphatic heterocycles. The highest BCUT2D eigenvalue weighted by atomic mass is 15.2. The van der Waals surface area contributed by atoms with Gasteiger partial charge in [0.15, 0.2) is 0 Å². The molecular formula is C21H26N6. The maximum absolute atomic E-state index is 4.70. The molecule has 4 rings (SSSR count). The Labute approximate surface area is 160 Å². The van der Waals surface area contributed by atoms with Crippen LogP contribution in [0.2, 0.25) is 0 Å². The van der Waals surface area contributed by atoms with E-state index in [1.807, 2.05) is 31.6 Å². The Kier molecular flexibility index (Phi) is 5.14. The summed E-state index contributed by atoms with van der Waals surface area (Å²) < 4.78 is 2.26. The molecule has 140 valence electrons. The van der Waals surface area contributed by atoms with Crippen molar-refractivity contribution in [3.63, 3.8) is 0 Å². The number of aromatic nitrogens is 5. The van der Waals surface area contributed by atoms with Crippen molar-refractivity contribution in [1.82, 2.24) is 24.5 Å². The molecular weight excluding hydrogens is 336 g/mol. The molecule has 1 saturated heterocycles. The van der Waals surface area contributed by atoms with Gasteiger partial charge in [0.05, 0.1) is 6.54 Å². The molecule has 27 heavy (non-hydrogen) atoms. The molecule has 0 aliphatic carbocycles. The fourth-order valence-corrected chi connectivity index (χ4v) is 3.85. The third-order valence-electron chi connectivity index (χ3n) is 5.17. The summed E-state index contributed by atoms with van der Waals surface area (Å²) in [6, 6.07) is 6.23. The van der Waals surface area contributed by atoms with Gasteiger partial charge < -0.3 is 9.47 Å². The summed E-state index contributed by atoms with van der Waals surface area (Å²) >= 11 is 0. The lowest BCUT2D eigenvalue weighted by atomic mass is 9.97. The molecule has 0 unspecified atom stereocenters. The van der Waals surface area contributed by atoms with Crippen molar-refractivity contribution in [1.29, 1.82) is 0 Å². The number of pyridine rings is 1. The van der Waals surface area contributed by atoms with Crippen LogP contribution in [0.1, 0.15) is 48.6 Å². The number of anilines is 1. The number of hydrogen-bond acceptors (Lipinski definition) is 5. The number of imidazole rings is 1. The van der Waals surface area contributed by atoms with E-state index in [0.29, 0.717) is 5.92 Å². The quantitative estimate of drug-likeness (QED) is 0.696. The molecule has 3 aromatic rings. The zero-order chi connectivity index (χ0) is 18.6. The van der Waals surface area contributed by atoms with E-state index in [2.05, 4.69) is 44.7 Å². The van der Waals surface area contributed by atoms with Crippen LogP contribution in [0.3, 0.4) is 0 Å². The van der Waals surface area contributed by atoms with E-state index in [0.717, 1.165) is 62.1 Å².